The number of nitrogens with one attached hydrogen (secondary N) is 1. The van der Waals surface area contributed by atoms with Crippen LogP contribution in [0.15, 0.2) is 30.3 Å². The average Bonchev–Trinajstić information content (AvgIpc) is 2.76. The van der Waals surface area contributed by atoms with Crippen molar-refractivity contribution in [2.24, 2.45) is 0 Å². The molecule has 1 N–H and O–H groups in total. The number of hydrogen-bond donors (Lipinski definition) is 1. The summed E-state index contributed by atoms with van der Waals surface area (Å²) in [6.45, 7) is 6.12. The van der Waals surface area contributed by atoms with E-state index in [-0.39, 0.29) is 5.83 Å². The third-order valence-electron chi connectivity index (χ3n) is 2.85. The molecule has 94 valence electrons. The standard InChI is InChI=1S/C15H17FN2/c1-10(2)13-6-4-12(5-7-13)9-14(16)15-8-11(3)17-18-15/h4-10H,1-3H3,(H,17,18). The Bertz CT molecular complexity index is 550. The molecular weight excluding hydrogens is 227 g/mol. The minimum absolute atomic E-state index is 0.323. The van der Waals surface area contributed by atoms with Gasteiger partial charge in [-0.1, -0.05) is 38.1 Å². The summed E-state index contributed by atoms with van der Waals surface area (Å²) in [5.41, 5.74) is 3.30. The number of nitrogens with zero attached hydrogens (tertiary/aromatic N) is 1. The van der Waals surface area contributed by atoms with Crippen molar-refractivity contribution in [3.05, 3.63) is 52.8 Å². The van der Waals surface area contributed by atoms with Gasteiger partial charge < -0.3 is 0 Å². The third-order valence-corrected chi connectivity index (χ3v) is 2.85. The van der Waals surface area contributed by atoms with Gasteiger partial charge in [0.25, 0.3) is 0 Å². The first-order valence-electron chi connectivity index (χ1n) is 6.06. The lowest BCUT2D eigenvalue weighted by Gasteiger charge is -2.04. The fourth-order valence-corrected chi connectivity index (χ4v) is 1.74. The maximum atomic E-state index is 13.9. The van der Waals surface area contributed by atoms with Crippen molar-refractivity contribution in [2.75, 3.05) is 0 Å². The van der Waals surface area contributed by atoms with Gasteiger partial charge in [0.1, 0.15) is 5.69 Å². The molecule has 0 unspecified atom stereocenters. The van der Waals surface area contributed by atoms with Crippen LogP contribution in [0.25, 0.3) is 11.9 Å². The molecule has 0 saturated carbocycles. The molecule has 0 aliphatic rings. The van der Waals surface area contributed by atoms with Crippen molar-refractivity contribution < 1.29 is 4.39 Å². The molecule has 2 aromatic rings. The number of rotatable bonds is 3. The molecule has 1 heterocycles. The molecule has 2 rings (SSSR count). The van der Waals surface area contributed by atoms with Gasteiger partial charge in [-0.2, -0.15) is 5.10 Å². The highest BCUT2D eigenvalue weighted by molar-refractivity contribution is 5.75. The van der Waals surface area contributed by atoms with Crippen LogP contribution >= 0.6 is 0 Å². The Morgan fingerprint density at radius 1 is 1.28 bits per heavy atom. The van der Waals surface area contributed by atoms with Gasteiger partial charge in [-0.05, 0) is 36.1 Å². The van der Waals surface area contributed by atoms with Gasteiger partial charge in [-0.3, -0.25) is 5.10 Å². The summed E-state index contributed by atoms with van der Waals surface area (Å²) >= 11 is 0. The van der Waals surface area contributed by atoms with Crippen LogP contribution in [0, 0.1) is 6.92 Å². The van der Waals surface area contributed by atoms with Crippen LogP contribution in [0.1, 0.15) is 42.3 Å². The van der Waals surface area contributed by atoms with E-state index in [0.29, 0.717) is 11.6 Å². The van der Waals surface area contributed by atoms with Gasteiger partial charge in [0.15, 0.2) is 5.83 Å². The number of benzene rings is 1. The molecular formula is C15H17FN2. The lowest BCUT2D eigenvalue weighted by molar-refractivity contribution is 0.756. The third kappa shape index (κ3) is 2.86. The fraction of sp³-hybridized carbons (Fsp3) is 0.267. The quantitative estimate of drug-likeness (QED) is 0.856. The molecule has 1 aromatic heterocycles. The normalized spacial score (nSPS) is 12.2. The first-order valence-corrected chi connectivity index (χ1v) is 6.06. The molecule has 0 bridgehead atoms. The molecule has 3 heteroatoms. The van der Waals surface area contributed by atoms with Crippen molar-refractivity contribution in [3.63, 3.8) is 0 Å². The van der Waals surface area contributed by atoms with Gasteiger partial charge >= 0.3 is 0 Å². The van der Waals surface area contributed by atoms with E-state index in [4.69, 9.17) is 0 Å². The van der Waals surface area contributed by atoms with Gasteiger partial charge in [0.2, 0.25) is 0 Å². The average molecular weight is 244 g/mol. The Labute approximate surface area is 107 Å². The highest BCUT2D eigenvalue weighted by Crippen LogP contribution is 2.20. The van der Waals surface area contributed by atoms with Crippen molar-refractivity contribution >= 4 is 11.9 Å². The predicted molar refractivity (Wildman–Crippen MR) is 72.8 cm³/mol. The number of aromatic nitrogens is 2. The van der Waals surface area contributed by atoms with Crippen molar-refractivity contribution in [3.8, 4) is 0 Å². The second-order valence-corrected chi connectivity index (χ2v) is 4.75. The summed E-state index contributed by atoms with van der Waals surface area (Å²) in [7, 11) is 0. The summed E-state index contributed by atoms with van der Waals surface area (Å²) in [5.74, 6) is 0.165. The van der Waals surface area contributed by atoms with E-state index in [2.05, 4.69) is 24.0 Å². The number of aromatic amines is 1. The molecule has 18 heavy (non-hydrogen) atoms. The van der Waals surface area contributed by atoms with Crippen LogP contribution in [-0.2, 0) is 0 Å². The summed E-state index contributed by atoms with van der Waals surface area (Å²) in [5, 5.41) is 6.62. The van der Waals surface area contributed by atoms with Crippen molar-refractivity contribution in [1.82, 2.24) is 10.2 Å². The summed E-state index contributed by atoms with van der Waals surface area (Å²) in [6.07, 6.45) is 1.50. The maximum Gasteiger partial charge on any atom is 0.151 e. The zero-order chi connectivity index (χ0) is 13.1. The highest BCUT2D eigenvalue weighted by Gasteiger charge is 2.04. The zero-order valence-corrected chi connectivity index (χ0v) is 10.9. The molecule has 0 aliphatic heterocycles. The van der Waals surface area contributed by atoms with E-state index < -0.39 is 0 Å². The molecule has 0 radical (unpaired) electrons. The lowest BCUT2D eigenvalue weighted by Crippen LogP contribution is -1.86. The zero-order valence-electron chi connectivity index (χ0n) is 10.9. The van der Waals surface area contributed by atoms with Crippen LogP contribution in [0.2, 0.25) is 0 Å². The first-order chi connectivity index (χ1) is 8.56. The summed E-state index contributed by atoms with van der Waals surface area (Å²) < 4.78 is 13.9. The topological polar surface area (TPSA) is 28.7 Å². The fourth-order valence-electron chi connectivity index (χ4n) is 1.74. The first kappa shape index (κ1) is 12.6. The van der Waals surface area contributed by atoms with E-state index in [1.165, 1.54) is 11.6 Å². The highest BCUT2D eigenvalue weighted by atomic mass is 19.1. The molecule has 0 atom stereocenters. The number of hydrogen-bond acceptors (Lipinski definition) is 1. The Hall–Kier alpha value is -1.90. The summed E-state index contributed by atoms with van der Waals surface area (Å²) in [6, 6.07) is 9.59. The van der Waals surface area contributed by atoms with Crippen LogP contribution < -0.4 is 0 Å². The second-order valence-electron chi connectivity index (χ2n) is 4.75. The lowest BCUT2D eigenvalue weighted by atomic mass is 10.0. The van der Waals surface area contributed by atoms with Gasteiger partial charge in [0.05, 0.1) is 0 Å². The molecule has 1 aromatic carbocycles. The Morgan fingerprint density at radius 2 is 1.94 bits per heavy atom. The van der Waals surface area contributed by atoms with Crippen molar-refractivity contribution in [2.45, 2.75) is 26.7 Å². The van der Waals surface area contributed by atoms with Gasteiger partial charge in [-0.15, -0.1) is 0 Å². The largest absolute Gasteiger partial charge is 0.282 e. The summed E-state index contributed by atoms with van der Waals surface area (Å²) in [4.78, 5) is 0. The Morgan fingerprint density at radius 3 is 2.44 bits per heavy atom. The molecule has 2 nitrogen and oxygen atoms in total. The smallest absolute Gasteiger partial charge is 0.151 e. The van der Waals surface area contributed by atoms with Crippen LogP contribution in [0.5, 0.6) is 0 Å². The molecule has 0 aliphatic carbocycles. The monoisotopic (exact) mass is 244 g/mol. The SMILES string of the molecule is Cc1cc(C(F)=Cc2ccc(C(C)C)cc2)n[nH]1. The van der Waals surface area contributed by atoms with Gasteiger partial charge in [-0.25, -0.2) is 4.39 Å². The minimum atomic E-state index is -0.323. The van der Waals surface area contributed by atoms with Crippen LogP contribution in [0.4, 0.5) is 4.39 Å². The minimum Gasteiger partial charge on any atom is -0.282 e. The van der Waals surface area contributed by atoms with E-state index in [0.717, 1.165) is 11.3 Å². The van der Waals surface area contributed by atoms with E-state index in [1.807, 2.05) is 31.2 Å². The van der Waals surface area contributed by atoms with Crippen LogP contribution in [-0.4, -0.2) is 10.2 Å². The molecule has 0 spiro atoms. The van der Waals surface area contributed by atoms with Crippen molar-refractivity contribution in [1.29, 1.82) is 0 Å². The Balaban J connectivity index is 2.22. The molecule has 0 amide bonds. The second kappa shape index (κ2) is 5.17. The van der Waals surface area contributed by atoms with Crippen LogP contribution in [0.3, 0.4) is 0 Å². The maximum absolute atomic E-state index is 13.9. The molecule has 0 fully saturated rings. The van der Waals surface area contributed by atoms with E-state index >= 15 is 0 Å². The molecule has 0 saturated heterocycles. The Kier molecular flexibility index (Phi) is 3.60. The number of halogens is 1. The van der Waals surface area contributed by atoms with E-state index in [9.17, 15) is 4.39 Å². The predicted octanol–water partition coefficient (Wildman–Crippen LogP) is 4.31. The van der Waals surface area contributed by atoms with Gasteiger partial charge in [0, 0.05) is 5.69 Å². The number of aryl methyl sites for hydroxylation is 1. The number of H-pyrrole nitrogens is 1. The van der Waals surface area contributed by atoms with E-state index in [1.54, 1.807) is 6.07 Å².